The molecule has 1 aromatic carbocycles. The molecular weight excluding hydrogens is 286 g/mol. The molecule has 1 atom stereocenters. The molecule has 0 spiro atoms. The summed E-state index contributed by atoms with van der Waals surface area (Å²) >= 11 is 5.02. The second-order valence-corrected chi connectivity index (χ2v) is 4.64. The number of allylic oxidation sites excluding steroid dienone is 1. The minimum Gasteiger partial charge on any atom is -0.466 e. The van der Waals surface area contributed by atoms with Gasteiger partial charge < -0.3 is 15.4 Å². The van der Waals surface area contributed by atoms with Crippen LogP contribution in [0.1, 0.15) is 18.5 Å². The number of esters is 1. The molecule has 20 heavy (non-hydrogen) atoms. The molecule has 7 heteroatoms. The summed E-state index contributed by atoms with van der Waals surface area (Å²) in [5.41, 5.74) is 1.16. The predicted molar refractivity (Wildman–Crippen MR) is 72.7 cm³/mol. The summed E-state index contributed by atoms with van der Waals surface area (Å²) in [4.78, 5) is 11.8. The van der Waals surface area contributed by atoms with Crippen LogP contribution in [0.15, 0.2) is 29.5 Å². The minimum atomic E-state index is -0.990. The molecule has 0 saturated carbocycles. The lowest BCUT2D eigenvalue weighted by atomic mass is 9.95. The van der Waals surface area contributed by atoms with Crippen molar-refractivity contribution in [3.63, 3.8) is 0 Å². The van der Waals surface area contributed by atoms with E-state index in [4.69, 9.17) is 17.0 Å². The molecule has 2 N–H and O–H groups in total. The lowest BCUT2D eigenvalue weighted by Gasteiger charge is -2.29. The van der Waals surface area contributed by atoms with Crippen molar-refractivity contribution in [3.05, 3.63) is 46.7 Å². The molecule has 0 bridgehead atoms. The van der Waals surface area contributed by atoms with Gasteiger partial charge in [0.15, 0.2) is 16.7 Å². The van der Waals surface area contributed by atoms with Crippen molar-refractivity contribution in [1.82, 2.24) is 10.6 Å². The number of nitrogens with one attached hydrogen (secondary N) is 2. The van der Waals surface area contributed by atoms with Crippen LogP contribution in [0.5, 0.6) is 0 Å². The van der Waals surface area contributed by atoms with Crippen LogP contribution in [0.2, 0.25) is 0 Å². The predicted octanol–water partition coefficient (Wildman–Crippen LogP) is 1.93. The van der Waals surface area contributed by atoms with Crippen molar-refractivity contribution < 1.29 is 18.3 Å². The zero-order valence-corrected chi connectivity index (χ0v) is 11.6. The first-order valence-corrected chi connectivity index (χ1v) is 6.16. The first-order chi connectivity index (χ1) is 9.43. The second-order valence-electron chi connectivity index (χ2n) is 4.24. The van der Waals surface area contributed by atoms with Gasteiger partial charge in [0.25, 0.3) is 0 Å². The molecule has 0 radical (unpaired) electrons. The quantitative estimate of drug-likeness (QED) is 0.645. The van der Waals surface area contributed by atoms with Gasteiger partial charge >= 0.3 is 5.97 Å². The number of benzene rings is 1. The molecule has 1 aliphatic rings. The summed E-state index contributed by atoms with van der Waals surface area (Å²) in [5, 5.41) is 5.95. The Morgan fingerprint density at radius 2 is 2.05 bits per heavy atom. The summed E-state index contributed by atoms with van der Waals surface area (Å²) in [7, 11) is 1.25. The standard InChI is InChI=1S/C13H12F2N2O2S/c1-6-10(12(18)19-2)11(17-13(20)16-6)7-3-4-8(14)9(15)5-7/h3-5,11H,1-2H3,(H2,16,17,20). The van der Waals surface area contributed by atoms with E-state index >= 15 is 0 Å². The molecule has 1 aromatic rings. The van der Waals surface area contributed by atoms with Crippen LogP contribution in [-0.2, 0) is 9.53 Å². The third kappa shape index (κ3) is 2.62. The number of carbonyl (C=O) groups excluding carboxylic acids is 1. The lowest BCUT2D eigenvalue weighted by molar-refractivity contribution is -0.136. The Labute approximate surface area is 119 Å². The van der Waals surface area contributed by atoms with Crippen LogP contribution >= 0.6 is 12.2 Å². The summed E-state index contributed by atoms with van der Waals surface area (Å²) in [6.07, 6.45) is 0. The highest BCUT2D eigenvalue weighted by Gasteiger charge is 2.30. The highest BCUT2D eigenvalue weighted by atomic mass is 32.1. The minimum absolute atomic E-state index is 0.270. The number of methoxy groups -OCH3 is 1. The van der Waals surface area contributed by atoms with E-state index in [1.54, 1.807) is 6.92 Å². The molecule has 0 amide bonds. The number of rotatable bonds is 2. The summed E-state index contributed by atoms with van der Waals surface area (Å²) in [6, 6.07) is 2.73. The van der Waals surface area contributed by atoms with E-state index in [0.29, 0.717) is 16.4 Å². The largest absolute Gasteiger partial charge is 0.466 e. The first-order valence-electron chi connectivity index (χ1n) is 5.75. The van der Waals surface area contributed by atoms with Gasteiger partial charge in [0, 0.05) is 5.70 Å². The zero-order valence-electron chi connectivity index (χ0n) is 10.8. The maximum Gasteiger partial charge on any atom is 0.337 e. The molecule has 1 heterocycles. The van der Waals surface area contributed by atoms with Crippen molar-refractivity contribution in [2.45, 2.75) is 13.0 Å². The van der Waals surface area contributed by atoms with Crippen LogP contribution in [0.25, 0.3) is 0 Å². The van der Waals surface area contributed by atoms with Gasteiger partial charge in [0.2, 0.25) is 0 Å². The zero-order chi connectivity index (χ0) is 14.9. The Balaban J connectivity index is 2.50. The summed E-state index contributed by atoms with van der Waals surface area (Å²) in [5.74, 6) is -2.51. The Morgan fingerprint density at radius 3 is 2.65 bits per heavy atom. The van der Waals surface area contributed by atoms with Gasteiger partial charge in [-0.15, -0.1) is 0 Å². The Hall–Kier alpha value is -2.02. The molecule has 4 nitrogen and oxygen atoms in total. The van der Waals surface area contributed by atoms with Gasteiger partial charge in [-0.2, -0.15) is 0 Å². The maximum absolute atomic E-state index is 13.4. The molecule has 0 fully saturated rings. The lowest BCUT2D eigenvalue weighted by Crippen LogP contribution is -2.45. The number of thiocarbonyl (C=S) groups is 1. The van der Waals surface area contributed by atoms with Crippen molar-refractivity contribution in [1.29, 1.82) is 0 Å². The second kappa shape index (κ2) is 5.54. The van der Waals surface area contributed by atoms with Gasteiger partial charge in [-0.05, 0) is 36.8 Å². The molecule has 106 valence electrons. The fourth-order valence-corrected chi connectivity index (χ4v) is 2.29. The van der Waals surface area contributed by atoms with Gasteiger partial charge in [0.05, 0.1) is 18.7 Å². The molecule has 1 unspecified atom stereocenters. The number of hydrogen-bond acceptors (Lipinski definition) is 3. The Morgan fingerprint density at radius 1 is 1.35 bits per heavy atom. The van der Waals surface area contributed by atoms with Crippen molar-refractivity contribution in [2.24, 2.45) is 0 Å². The van der Waals surface area contributed by atoms with E-state index in [1.807, 2.05) is 0 Å². The fourth-order valence-electron chi connectivity index (χ4n) is 2.02. The monoisotopic (exact) mass is 298 g/mol. The van der Waals surface area contributed by atoms with Crippen LogP contribution in [0, 0.1) is 11.6 Å². The van der Waals surface area contributed by atoms with Gasteiger partial charge in [0.1, 0.15) is 0 Å². The van der Waals surface area contributed by atoms with Gasteiger partial charge in [-0.25, -0.2) is 13.6 Å². The number of carbonyl (C=O) groups is 1. The van der Waals surface area contributed by atoms with Crippen molar-refractivity contribution in [2.75, 3.05) is 7.11 Å². The van der Waals surface area contributed by atoms with Crippen LogP contribution < -0.4 is 10.6 Å². The van der Waals surface area contributed by atoms with Crippen molar-refractivity contribution >= 4 is 23.3 Å². The number of ether oxygens (including phenoxy) is 1. The molecule has 0 aromatic heterocycles. The molecule has 0 saturated heterocycles. The topological polar surface area (TPSA) is 50.4 Å². The van der Waals surface area contributed by atoms with E-state index < -0.39 is 23.6 Å². The van der Waals surface area contributed by atoms with E-state index in [-0.39, 0.29) is 5.57 Å². The van der Waals surface area contributed by atoms with E-state index in [2.05, 4.69) is 10.6 Å². The van der Waals surface area contributed by atoms with E-state index in [9.17, 15) is 13.6 Å². The molecular formula is C13H12F2N2O2S. The van der Waals surface area contributed by atoms with Crippen molar-refractivity contribution in [3.8, 4) is 0 Å². The average molecular weight is 298 g/mol. The highest BCUT2D eigenvalue weighted by molar-refractivity contribution is 7.80. The Kier molecular flexibility index (Phi) is 3.99. The highest BCUT2D eigenvalue weighted by Crippen LogP contribution is 2.28. The average Bonchev–Trinajstić information content (AvgIpc) is 2.40. The molecule has 1 aliphatic heterocycles. The van der Waals surface area contributed by atoms with Gasteiger partial charge in [-0.3, -0.25) is 0 Å². The molecule has 2 rings (SSSR count). The number of halogens is 2. The third-order valence-corrected chi connectivity index (χ3v) is 3.17. The third-order valence-electron chi connectivity index (χ3n) is 2.95. The number of hydrogen-bond donors (Lipinski definition) is 2. The smallest absolute Gasteiger partial charge is 0.337 e. The SMILES string of the molecule is COC(=O)C1=C(C)NC(=S)NC1c1ccc(F)c(F)c1. The Bertz CT molecular complexity index is 616. The first kappa shape index (κ1) is 14.4. The normalized spacial score (nSPS) is 18.4. The van der Waals surface area contributed by atoms with Crippen LogP contribution in [-0.4, -0.2) is 18.2 Å². The van der Waals surface area contributed by atoms with Crippen LogP contribution in [0.3, 0.4) is 0 Å². The van der Waals surface area contributed by atoms with Crippen LogP contribution in [0.4, 0.5) is 8.78 Å². The van der Waals surface area contributed by atoms with Gasteiger partial charge in [-0.1, -0.05) is 6.07 Å². The summed E-state index contributed by atoms with van der Waals surface area (Å²) in [6.45, 7) is 1.66. The summed E-state index contributed by atoms with van der Waals surface area (Å²) < 4.78 is 31.1. The molecule has 0 aliphatic carbocycles. The van der Waals surface area contributed by atoms with E-state index in [1.165, 1.54) is 13.2 Å². The fraction of sp³-hybridized carbons (Fsp3) is 0.231. The van der Waals surface area contributed by atoms with E-state index in [0.717, 1.165) is 12.1 Å². The maximum atomic E-state index is 13.4.